The maximum absolute atomic E-state index is 12.4. The van der Waals surface area contributed by atoms with E-state index in [-0.39, 0.29) is 5.69 Å². The lowest BCUT2D eigenvalue weighted by Crippen LogP contribution is -2.12. The number of halogens is 3. The van der Waals surface area contributed by atoms with Crippen molar-refractivity contribution >= 4 is 43.4 Å². The highest BCUT2D eigenvalue weighted by Crippen LogP contribution is 2.20. The van der Waals surface area contributed by atoms with E-state index >= 15 is 0 Å². The van der Waals surface area contributed by atoms with Gasteiger partial charge in [-0.1, -0.05) is 0 Å². The van der Waals surface area contributed by atoms with Crippen molar-refractivity contribution in [2.45, 2.75) is 10.7 Å². The van der Waals surface area contributed by atoms with Crippen LogP contribution >= 0.6 is 15.9 Å². The fourth-order valence-corrected chi connectivity index (χ4v) is 2.63. The van der Waals surface area contributed by atoms with Crippen LogP contribution in [0.1, 0.15) is 5.76 Å². The van der Waals surface area contributed by atoms with E-state index in [2.05, 4.69) is 21.2 Å². The van der Waals surface area contributed by atoms with Crippen LogP contribution in [0.2, 0.25) is 0 Å². The lowest BCUT2D eigenvalue weighted by atomic mass is 10.3. The topological polar surface area (TPSA) is 76.4 Å². The number of amides is 1. The summed E-state index contributed by atoms with van der Waals surface area (Å²) in [5, 5.41) is 2.47. The number of hydrogen-bond donors (Lipinski definition) is 1. The van der Waals surface area contributed by atoms with Crippen LogP contribution < -0.4 is 5.32 Å². The monoisotopic (exact) mass is 405 g/mol. The molecular weight excluding hydrogens is 396 g/mol. The first-order valence-electron chi connectivity index (χ1n) is 6.15. The summed E-state index contributed by atoms with van der Waals surface area (Å²) >= 11 is 3.12. The van der Waals surface area contributed by atoms with Gasteiger partial charge < -0.3 is 9.73 Å². The molecule has 0 aliphatic carbocycles. The standard InChI is InChI=1S/C14H10BrF2NO4S/c15-12-7-3-10(22-12)4-8-13(19)18-9-1-5-11(6-2-9)23(20,21)14(16)17/h1-8,14H,(H,18,19). The minimum absolute atomic E-state index is 0.272. The van der Waals surface area contributed by atoms with E-state index in [1.807, 2.05) is 0 Å². The fraction of sp³-hybridized carbons (Fsp3) is 0.0714. The first kappa shape index (κ1) is 17.4. The molecular formula is C14H10BrF2NO4S. The van der Waals surface area contributed by atoms with Gasteiger partial charge in [0.1, 0.15) is 5.76 Å². The third-order valence-corrected chi connectivity index (χ3v) is 4.50. The van der Waals surface area contributed by atoms with Crippen LogP contribution in [-0.2, 0) is 14.6 Å². The summed E-state index contributed by atoms with van der Waals surface area (Å²) < 4.78 is 53.0. The van der Waals surface area contributed by atoms with Gasteiger partial charge >= 0.3 is 5.76 Å². The van der Waals surface area contributed by atoms with Gasteiger partial charge in [0, 0.05) is 11.8 Å². The van der Waals surface area contributed by atoms with Gasteiger partial charge in [0.15, 0.2) is 4.67 Å². The summed E-state index contributed by atoms with van der Waals surface area (Å²) in [5.41, 5.74) is 0.272. The second-order valence-electron chi connectivity index (χ2n) is 4.29. The molecule has 0 bridgehead atoms. The van der Waals surface area contributed by atoms with Gasteiger partial charge in [-0.2, -0.15) is 8.78 Å². The highest BCUT2D eigenvalue weighted by molar-refractivity contribution is 9.10. The molecule has 23 heavy (non-hydrogen) atoms. The van der Waals surface area contributed by atoms with E-state index in [9.17, 15) is 22.0 Å². The van der Waals surface area contributed by atoms with Gasteiger partial charge in [0.05, 0.1) is 4.90 Å². The van der Waals surface area contributed by atoms with Crippen molar-refractivity contribution in [3.05, 3.63) is 52.9 Å². The minimum atomic E-state index is -4.64. The Morgan fingerprint density at radius 1 is 1.17 bits per heavy atom. The molecule has 0 atom stereocenters. The maximum Gasteiger partial charge on any atom is 0.341 e. The summed E-state index contributed by atoms with van der Waals surface area (Å²) in [6.45, 7) is 0. The molecule has 0 spiro atoms. The van der Waals surface area contributed by atoms with E-state index in [1.165, 1.54) is 24.3 Å². The van der Waals surface area contributed by atoms with Crippen molar-refractivity contribution in [1.82, 2.24) is 0 Å². The molecule has 9 heteroatoms. The van der Waals surface area contributed by atoms with Crippen LogP contribution in [-0.4, -0.2) is 20.1 Å². The second-order valence-corrected chi connectivity index (χ2v) is 6.99. The molecule has 2 aromatic rings. The zero-order valence-corrected chi connectivity index (χ0v) is 13.8. The van der Waals surface area contributed by atoms with E-state index < -0.39 is 26.4 Å². The second kappa shape index (κ2) is 7.05. The Balaban J connectivity index is 2.03. The number of nitrogens with one attached hydrogen (secondary N) is 1. The van der Waals surface area contributed by atoms with E-state index in [1.54, 1.807) is 12.1 Å². The molecule has 1 aromatic heterocycles. The van der Waals surface area contributed by atoms with Gasteiger partial charge in [-0.05, 0) is 58.4 Å². The zero-order chi connectivity index (χ0) is 17.0. The number of anilines is 1. The Labute approximate surface area is 139 Å². The van der Waals surface area contributed by atoms with Gasteiger partial charge in [0.25, 0.3) is 0 Å². The highest BCUT2D eigenvalue weighted by atomic mass is 79.9. The lowest BCUT2D eigenvalue weighted by Gasteiger charge is -2.05. The molecule has 0 saturated carbocycles. The van der Waals surface area contributed by atoms with Gasteiger partial charge in [-0.25, -0.2) is 8.42 Å². The number of alkyl halides is 2. The number of carbonyl (C=O) groups excluding carboxylic acids is 1. The molecule has 1 heterocycles. The third kappa shape index (κ3) is 4.49. The number of carbonyl (C=O) groups is 1. The molecule has 0 radical (unpaired) electrons. The van der Waals surface area contributed by atoms with Crippen molar-refractivity contribution in [2.24, 2.45) is 0 Å². The molecule has 5 nitrogen and oxygen atoms in total. The summed E-state index contributed by atoms with van der Waals surface area (Å²) in [6.07, 6.45) is 2.66. The van der Waals surface area contributed by atoms with Gasteiger partial charge in [-0.15, -0.1) is 0 Å². The molecule has 0 saturated heterocycles. The van der Waals surface area contributed by atoms with Gasteiger partial charge in [-0.3, -0.25) is 4.79 Å². The average Bonchev–Trinajstić information content (AvgIpc) is 2.91. The molecule has 0 aliphatic rings. The van der Waals surface area contributed by atoms with Crippen LogP contribution in [0.25, 0.3) is 6.08 Å². The number of rotatable bonds is 5. The minimum Gasteiger partial charge on any atom is -0.450 e. The van der Waals surface area contributed by atoms with Gasteiger partial charge in [0.2, 0.25) is 15.7 Å². The fourth-order valence-electron chi connectivity index (χ4n) is 1.59. The predicted molar refractivity (Wildman–Crippen MR) is 83.7 cm³/mol. The highest BCUT2D eigenvalue weighted by Gasteiger charge is 2.26. The quantitative estimate of drug-likeness (QED) is 0.769. The van der Waals surface area contributed by atoms with Crippen molar-refractivity contribution in [3.63, 3.8) is 0 Å². The van der Waals surface area contributed by atoms with E-state index in [0.717, 1.165) is 12.1 Å². The number of furan rings is 1. The molecule has 0 unspecified atom stereocenters. The Hall–Kier alpha value is -2.00. The summed E-state index contributed by atoms with van der Waals surface area (Å²) in [5.74, 6) is -3.51. The number of benzene rings is 1. The lowest BCUT2D eigenvalue weighted by molar-refractivity contribution is -0.111. The first-order valence-corrected chi connectivity index (χ1v) is 8.49. The van der Waals surface area contributed by atoms with E-state index in [0.29, 0.717) is 10.4 Å². The van der Waals surface area contributed by atoms with Crippen LogP contribution in [0, 0.1) is 0 Å². The van der Waals surface area contributed by atoms with Crippen LogP contribution in [0.5, 0.6) is 0 Å². The molecule has 0 fully saturated rings. The Kier molecular flexibility index (Phi) is 5.32. The van der Waals surface area contributed by atoms with E-state index in [4.69, 9.17) is 4.42 Å². The third-order valence-electron chi connectivity index (χ3n) is 2.68. The number of sulfone groups is 1. The average molecular weight is 406 g/mol. The summed E-state index contributed by atoms with van der Waals surface area (Å²) in [7, 11) is -4.64. The summed E-state index contributed by atoms with van der Waals surface area (Å²) in [4.78, 5) is 11.2. The SMILES string of the molecule is O=C(C=Cc1ccc(Br)o1)Nc1ccc(S(=O)(=O)C(F)F)cc1. The molecule has 0 aliphatic heterocycles. The molecule has 1 amide bonds. The van der Waals surface area contributed by atoms with Crippen molar-refractivity contribution in [1.29, 1.82) is 0 Å². The Morgan fingerprint density at radius 2 is 1.83 bits per heavy atom. The van der Waals surface area contributed by atoms with Crippen LogP contribution in [0.3, 0.4) is 0 Å². The Bertz CT molecular complexity index is 829. The zero-order valence-electron chi connectivity index (χ0n) is 11.4. The first-order chi connectivity index (χ1) is 10.8. The van der Waals surface area contributed by atoms with Crippen LogP contribution in [0.15, 0.2) is 56.5 Å². The van der Waals surface area contributed by atoms with Crippen LogP contribution in [0.4, 0.5) is 14.5 Å². The largest absolute Gasteiger partial charge is 0.450 e. The van der Waals surface area contributed by atoms with Crippen molar-refractivity contribution in [3.8, 4) is 0 Å². The predicted octanol–water partition coefficient (Wildman–Crippen LogP) is 3.69. The maximum atomic E-state index is 12.4. The number of hydrogen-bond acceptors (Lipinski definition) is 4. The molecule has 1 aromatic carbocycles. The van der Waals surface area contributed by atoms with Crippen molar-refractivity contribution in [2.75, 3.05) is 5.32 Å². The Morgan fingerprint density at radius 3 is 2.35 bits per heavy atom. The molecule has 122 valence electrons. The normalized spacial score (nSPS) is 12.0. The molecule has 1 N–H and O–H groups in total. The molecule has 2 rings (SSSR count). The smallest absolute Gasteiger partial charge is 0.341 e. The summed E-state index contributed by atoms with van der Waals surface area (Å²) in [6, 6.07) is 7.78. The van der Waals surface area contributed by atoms with Crippen molar-refractivity contribution < 1.29 is 26.4 Å².